The largest absolute Gasteiger partial charge is 0.391 e. The Bertz CT molecular complexity index is 2200. The Kier molecular flexibility index (Phi) is 11.9. The van der Waals surface area contributed by atoms with Crippen molar-refractivity contribution >= 4 is 75.0 Å². The first kappa shape index (κ1) is 41.0. The number of likely N-dealkylation sites (tertiary alicyclic amines) is 2. The van der Waals surface area contributed by atoms with Crippen molar-refractivity contribution in [3.63, 3.8) is 0 Å². The number of halogens is 2. The SMILES string of the molecule is O=C(CO)N[C@@H]1C[C@@H](O)[C@H](n2cnc3c(NC4CCN(C(=O)N5CCC(Nc6nc(Cl)nc7c6ncn7[C@@H]6C[C@H](NC(=O)CO)[C@@H](O)[C@H]6O)CC5)CC4)nc(Cl)nc32)C1. The number of carbonyl (C=O) groups excluding carboxylic acids is 3. The summed E-state index contributed by atoms with van der Waals surface area (Å²) in [6.45, 7) is 0.724. The lowest BCUT2D eigenvalue weighted by Gasteiger charge is -2.39. The molecule has 7 atom stereocenters. The molecule has 2 aliphatic carbocycles. The first-order chi connectivity index (χ1) is 28.4. The van der Waals surface area contributed by atoms with Gasteiger partial charge in [0, 0.05) is 44.3 Å². The van der Waals surface area contributed by atoms with E-state index in [9.17, 15) is 29.7 Å². The van der Waals surface area contributed by atoms with E-state index in [1.54, 1.807) is 15.5 Å². The first-order valence-electron chi connectivity index (χ1n) is 19.6. The molecule has 4 aliphatic rings. The van der Waals surface area contributed by atoms with Gasteiger partial charge in [0.15, 0.2) is 34.0 Å². The number of imidazole rings is 2. The molecule has 0 radical (unpaired) electrons. The fraction of sp³-hybridized carbons (Fsp3) is 0.629. The molecule has 9 N–H and O–H groups in total. The van der Waals surface area contributed by atoms with E-state index < -0.39 is 61.5 Å². The topological polar surface area (TPSA) is 294 Å². The molecule has 24 heteroatoms. The van der Waals surface area contributed by atoms with E-state index in [1.807, 2.05) is 9.80 Å². The molecule has 0 bridgehead atoms. The van der Waals surface area contributed by atoms with Gasteiger partial charge in [0.2, 0.25) is 22.4 Å². The summed E-state index contributed by atoms with van der Waals surface area (Å²) in [5, 5.41) is 62.5. The number of rotatable bonds is 10. The Morgan fingerprint density at radius 2 is 1.14 bits per heavy atom. The van der Waals surface area contributed by atoms with E-state index in [1.165, 1.54) is 6.33 Å². The fourth-order valence-corrected chi connectivity index (χ4v) is 9.18. The molecular formula is C35H46Cl2N14O8. The Balaban J connectivity index is 0.844. The van der Waals surface area contributed by atoms with Crippen LogP contribution in [-0.2, 0) is 9.59 Å². The van der Waals surface area contributed by atoms with Gasteiger partial charge in [-0.15, -0.1) is 0 Å². The van der Waals surface area contributed by atoms with Gasteiger partial charge < -0.3 is 65.7 Å². The van der Waals surface area contributed by atoms with Crippen LogP contribution < -0.4 is 21.3 Å². The molecule has 0 unspecified atom stereocenters. The van der Waals surface area contributed by atoms with Crippen LogP contribution in [0, 0.1) is 0 Å². The van der Waals surface area contributed by atoms with E-state index in [4.69, 9.17) is 33.4 Å². The molecule has 2 aliphatic heterocycles. The van der Waals surface area contributed by atoms with Gasteiger partial charge in [-0.1, -0.05) is 0 Å². The Morgan fingerprint density at radius 3 is 1.64 bits per heavy atom. The molecule has 8 rings (SSSR count). The van der Waals surface area contributed by atoms with Crippen molar-refractivity contribution in [2.45, 2.75) is 99.5 Å². The van der Waals surface area contributed by atoms with Gasteiger partial charge in [-0.3, -0.25) is 9.59 Å². The van der Waals surface area contributed by atoms with Crippen LogP contribution in [0.25, 0.3) is 22.3 Å². The van der Waals surface area contributed by atoms with Crippen LogP contribution in [0.4, 0.5) is 16.4 Å². The van der Waals surface area contributed by atoms with E-state index in [0.717, 1.165) is 0 Å². The zero-order valence-electron chi connectivity index (χ0n) is 31.7. The lowest BCUT2D eigenvalue weighted by atomic mass is 10.0. The number of urea groups is 1. The first-order valence-corrected chi connectivity index (χ1v) is 20.4. The van der Waals surface area contributed by atoms with Gasteiger partial charge in [-0.2, -0.15) is 19.9 Å². The highest BCUT2D eigenvalue weighted by molar-refractivity contribution is 6.29. The summed E-state index contributed by atoms with van der Waals surface area (Å²) in [5.41, 5.74) is 1.70. The Hall–Kier alpha value is -4.71. The van der Waals surface area contributed by atoms with Gasteiger partial charge in [0.1, 0.15) is 25.4 Å². The van der Waals surface area contributed by atoms with Crippen molar-refractivity contribution < 1.29 is 39.9 Å². The molecule has 4 amide bonds. The third-order valence-corrected chi connectivity index (χ3v) is 12.2. The van der Waals surface area contributed by atoms with Crippen molar-refractivity contribution in [2.75, 3.05) is 50.0 Å². The van der Waals surface area contributed by atoms with Crippen molar-refractivity contribution in [1.82, 2.24) is 59.5 Å². The number of hydrogen-bond acceptors (Lipinski definition) is 16. The van der Waals surface area contributed by atoms with Crippen LogP contribution in [0.1, 0.15) is 57.0 Å². The molecule has 22 nitrogen and oxygen atoms in total. The Morgan fingerprint density at radius 1 is 0.644 bits per heavy atom. The summed E-state index contributed by atoms with van der Waals surface area (Å²) >= 11 is 12.7. The maximum atomic E-state index is 13.6. The van der Waals surface area contributed by atoms with E-state index in [-0.39, 0.29) is 41.1 Å². The zero-order valence-corrected chi connectivity index (χ0v) is 33.2. The summed E-state index contributed by atoms with van der Waals surface area (Å²) in [5.74, 6) is -0.307. The summed E-state index contributed by atoms with van der Waals surface area (Å²) < 4.78 is 3.35. The van der Waals surface area contributed by atoms with Gasteiger partial charge in [-0.25, -0.2) is 14.8 Å². The lowest BCUT2D eigenvalue weighted by molar-refractivity contribution is -0.125. The molecule has 0 aromatic carbocycles. The molecule has 2 saturated carbocycles. The van der Waals surface area contributed by atoms with Crippen molar-refractivity contribution in [3.05, 3.63) is 23.2 Å². The van der Waals surface area contributed by atoms with E-state index in [2.05, 4.69) is 51.2 Å². The number of piperidine rings is 2. The smallest absolute Gasteiger partial charge is 0.320 e. The summed E-state index contributed by atoms with van der Waals surface area (Å²) in [6.07, 6.45) is 3.30. The Labute approximate surface area is 346 Å². The number of nitrogens with zero attached hydrogens (tertiary/aromatic N) is 10. The number of aliphatic hydroxyl groups excluding tert-OH is 5. The molecule has 2 saturated heterocycles. The van der Waals surface area contributed by atoms with Crippen LogP contribution in [0.2, 0.25) is 10.6 Å². The minimum Gasteiger partial charge on any atom is -0.391 e. The second kappa shape index (κ2) is 17.1. The molecule has 4 aromatic rings. The standard InChI is InChI=1S/C35H46Cl2N14O8/c36-33-44-29(25-31(46-33)50(14-38-25)20-9-18(10-22(20)54)40-23(55)12-52)41-16-1-5-48(6-2-16)35(59)49-7-3-17(4-8-49)42-30-26-32(47-34(37)45-30)51(15-39-26)21-11-19(27(57)28(21)58)43-24(56)13-53/h14-22,27-28,52-54,57-58H,1-13H2,(H,40,55)(H,43,56)(H,41,44,46)(H,42,45,47)/t18-,19-,20+,21+,22+,27+,28-/m0/s1. The summed E-state index contributed by atoms with van der Waals surface area (Å²) in [6, 6.07) is -2.28. The minimum absolute atomic E-state index is 0.0118. The third kappa shape index (κ3) is 8.39. The predicted molar refractivity (Wildman–Crippen MR) is 210 cm³/mol. The van der Waals surface area contributed by atoms with Crippen LogP contribution in [0.15, 0.2) is 12.7 Å². The van der Waals surface area contributed by atoms with Gasteiger partial charge in [-0.05, 0) is 68.1 Å². The van der Waals surface area contributed by atoms with Crippen LogP contribution in [0.3, 0.4) is 0 Å². The number of aliphatic hydroxyl groups is 5. The lowest BCUT2D eigenvalue weighted by Crippen LogP contribution is -2.51. The normalized spacial score (nSPS) is 26.8. The number of amides is 4. The van der Waals surface area contributed by atoms with Gasteiger partial charge in [0.25, 0.3) is 0 Å². The molecule has 59 heavy (non-hydrogen) atoms. The van der Waals surface area contributed by atoms with Gasteiger partial charge in [0.05, 0.1) is 36.9 Å². The number of nitrogens with one attached hydrogen (secondary N) is 4. The van der Waals surface area contributed by atoms with E-state index >= 15 is 0 Å². The van der Waals surface area contributed by atoms with Crippen LogP contribution in [0.5, 0.6) is 0 Å². The average molecular weight is 862 g/mol. The molecule has 6 heterocycles. The monoisotopic (exact) mass is 860 g/mol. The highest BCUT2D eigenvalue weighted by Gasteiger charge is 2.44. The third-order valence-electron chi connectivity index (χ3n) is 11.9. The molecular weight excluding hydrogens is 815 g/mol. The zero-order chi connectivity index (χ0) is 41.5. The number of fused-ring (bicyclic) bond motifs is 2. The van der Waals surface area contributed by atoms with Crippen molar-refractivity contribution in [3.8, 4) is 0 Å². The van der Waals surface area contributed by atoms with Crippen LogP contribution >= 0.6 is 23.2 Å². The van der Waals surface area contributed by atoms with Crippen molar-refractivity contribution in [2.24, 2.45) is 0 Å². The van der Waals surface area contributed by atoms with E-state index in [0.29, 0.717) is 98.7 Å². The van der Waals surface area contributed by atoms with Crippen molar-refractivity contribution in [1.29, 1.82) is 0 Å². The molecule has 0 spiro atoms. The van der Waals surface area contributed by atoms with Gasteiger partial charge >= 0.3 is 6.03 Å². The molecule has 318 valence electrons. The maximum Gasteiger partial charge on any atom is 0.320 e. The second-order valence-corrected chi connectivity index (χ2v) is 16.2. The molecule has 4 fully saturated rings. The number of aromatic nitrogens is 8. The number of hydrogen-bond donors (Lipinski definition) is 9. The number of anilines is 2. The maximum absolute atomic E-state index is 13.6. The second-order valence-electron chi connectivity index (χ2n) is 15.6. The predicted octanol–water partition coefficient (Wildman–Crippen LogP) is -0.838. The summed E-state index contributed by atoms with van der Waals surface area (Å²) in [4.78, 5) is 67.4. The fourth-order valence-electron chi connectivity index (χ4n) is 8.85. The minimum atomic E-state index is -1.27. The highest BCUT2D eigenvalue weighted by Crippen LogP contribution is 2.36. The number of carbonyl (C=O) groups is 3. The van der Waals surface area contributed by atoms with Crippen LogP contribution in [-0.4, -0.2) is 174 Å². The quantitative estimate of drug-likeness (QED) is 0.0879. The average Bonchev–Trinajstić information content (AvgIpc) is 4.00. The highest BCUT2D eigenvalue weighted by atomic mass is 35.5. The molecule has 4 aromatic heterocycles. The summed E-state index contributed by atoms with van der Waals surface area (Å²) in [7, 11) is 0.